The van der Waals surface area contributed by atoms with Crippen LogP contribution in [0.2, 0.25) is 10.0 Å². The number of hydrogen-bond donors (Lipinski definition) is 4. The van der Waals surface area contributed by atoms with Crippen molar-refractivity contribution < 1.29 is 27.9 Å². The van der Waals surface area contributed by atoms with Gasteiger partial charge in [-0.05, 0) is 25.1 Å². The van der Waals surface area contributed by atoms with E-state index in [0.29, 0.717) is 5.01 Å². The SMILES string of the molecule is C[C@@H](NC(=O)c1ncnc(NCCO)c1Cl)c1ncc(C(=O)Nc2ccc(Cl)c(C(F)(F)F)c2)s1. The molecule has 0 unspecified atom stereocenters. The second-order valence-electron chi connectivity index (χ2n) is 6.94. The number of hydrogen-bond acceptors (Lipinski definition) is 8. The smallest absolute Gasteiger partial charge is 0.395 e. The first-order valence-electron chi connectivity index (χ1n) is 9.81. The van der Waals surface area contributed by atoms with Crippen LogP contribution in [-0.2, 0) is 6.18 Å². The van der Waals surface area contributed by atoms with Gasteiger partial charge in [-0.3, -0.25) is 9.59 Å². The number of amides is 2. The topological polar surface area (TPSA) is 129 Å². The fourth-order valence-corrected chi connectivity index (χ4v) is 4.05. The Labute approximate surface area is 210 Å². The Hall–Kier alpha value is -3.00. The number of aliphatic hydroxyl groups excluding tert-OH is 1. The van der Waals surface area contributed by atoms with E-state index in [-0.39, 0.29) is 40.3 Å². The van der Waals surface area contributed by atoms with Gasteiger partial charge in [0, 0.05) is 12.2 Å². The molecule has 0 radical (unpaired) electrons. The summed E-state index contributed by atoms with van der Waals surface area (Å²) in [6.45, 7) is 1.62. The predicted molar refractivity (Wildman–Crippen MR) is 125 cm³/mol. The Morgan fingerprint density at radius 1 is 1.17 bits per heavy atom. The van der Waals surface area contributed by atoms with E-state index in [4.69, 9.17) is 28.3 Å². The van der Waals surface area contributed by atoms with Gasteiger partial charge in [0.05, 0.1) is 29.4 Å². The summed E-state index contributed by atoms with van der Waals surface area (Å²) in [5.74, 6) is -1.13. The van der Waals surface area contributed by atoms with Crippen LogP contribution in [0.1, 0.15) is 43.7 Å². The predicted octanol–water partition coefficient (Wildman–Crippen LogP) is 4.41. The number of alkyl halides is 3. The normalized spacial score (nSPS) is 12.2. The highest BCUT2D eigenvalue weighted by atomic mass is 35.5. The van der Waals surface area contributed by atoms with Gasteiger partial charge in [-0.15, -0.1) is 11.3 Å². The minimum atomic E-state index is -4.68. The number of thiazole rings is 1. The van der Waals surface area contributed by atoms with Crippen molar-refractivity contribution in [3.8, 4) is 0 Å². The molecule has 4 N–H and O–H groups in total. The highest BCUT2D eigenvalue weighted by Gasteiger charge is 2.33. The molecular weight excluding hydrogens is 532 g/mol. The number of nitrogens with one attached hydrogen (secondary N) is 3. The lowest BCUT2D eigenvalue weighted by Crippen LogP contribution is -2.28. The fraction of sp³-hybridized carbons (Fsp3) is 0.250. The molecule has 0 fully saturated rings. The standard InChI is InChI=1S/C20H17Cl2F3N6O3S/c1-9(30-18(34)15-14(22)16(26-4-5-32)29-8-28-15)19-27-7-13(35-19)17(33)31-10-2-3-12(21)11(6-10)20(23,24)25/h2-3,6-9,32H,4-5H2,1H3,(H,30,34)(H,31,33)(H,26,28,29)/t9-/m1/s1. The third-order valence-electron chi connectivity index (χ3n) is 4.40. The Bertz CT molecular complexity index is 1240. The van der Waals surface area contributed by atoms with Crippen LogP contribution in [0.3, 0.4) is 0 Å². The molecule has 15 heteroatoms. The number of nitrogens with zero attached hydrogens (tertiary/aromatic N) is 3. The van der Waals surface area contributed by atoms with Gasteiger partial charge in [-0.1, -0.05) is 23.2 Å². The number of aromatic nitrogens is 3. The summed E-state index contributed by atoms with van der Waals surface area (Å²) in [6, 6.07) is 2.37. The van der Waals surface area contributed by atoms with Crippen molar-refractivity contribution in [2.24, 2.45) is 0 Å². The van der Waals surface area contributed by atoms with Crippen molar-refractivity contribution in [3.63, 3.8) is 0 Å². The largest absolute Gasteiger partial charge is 0.417 e. The fourth-order valence-electron chi connectivity index (χ4n) is 2.76. The van der Waals surface area contributed by atoms with Crippen molar-refractivity contribution in [3.05, 3.63) is 61.9 Å². The summed E-state index contributed by atoms with van der Waals surface area (Å²) < 4.78 is 39.1. The van der Waals surface area contributed by atoms with Crippen LogP contribution in [0.25, 0.3) is 0 Å². The average Bonchev–Trinajstić information content (AvgIpc) is 3.29. The summed E-state index contributed by atoms with van der Waals surface area (Å²) >= 11 is 12.7. The molecule has 35 heavy (non-hydrogen) atoms. The monoisotopic (exact) mass is 548 g/mol. The molecule has 0 spiro atoms. The maximum Gasteiger partial charge on any atom is 0.417 e. The van der Waals surface area contributed by atoms with Crippen LogP contribution in [0.5, 0.6) is 0 Å². The third kappa shape index (κ3) is 6.57. The van der Waals surface area contributed by atoms with Crippen molar-refractivity contribution in [1.29, 1.82) is 0 Å². The zero-order valence-corrected chi connectivity index (χ0v) is 20.1. The van der Waals surface area contributed by atoms with E-state index in [0.717, 1.165) is 29.8 Å². The van der Waals surface area contributed by atoms with E-state index in [1.165, 1.54) is 12.3 Å². The van der Waals surface area contributed by atoms with Crippen LogP contribution in [0.15, 0.2) is 30.7 Å². The summed E-state index contributed by atoms with van der Waals surface area (Å²) in [5.41, 5.74) is -1.27. The highest BCUT2D eigenvalue weighted by molar-refractivity contribution is 7.13. The van der Waals surface area contributed by atoms with Gasteiger partial charge in [0.25, 0.3) is 11.8 Å². The average molecular weight is 549 g/mol. The van der Waals surface area contributed by atoms with Crippen LogP contribution in [0, 0.1) is 0 Å². The summed E-state index contributed by atoms with van der Waals surface area (Å²) in [5, 5.41) is 16.5. The molecule has 2 heterocycles. The number of benzene rings is 1. The second-order valence-corrected chi connectivity index (χ2v) is 8.79. The Morgan fingerprint density at radius 3 is 2.60 bits per heavy atom. The maximum absolute atomic E-state index is 13.0. The first-order chi connectivity index (χ1) is 16.5. The number of rotatable bonds is 8. The molecular formula is C20H17Cl2F3N6O3S. The van der Waals surface area contributed by atoms with Crippen molar-refractivity contribution in [2.75, 3.05) is 23.8 Å². The number of halogens is 5. The molecule has 0 aliphatic carbocycles. The van der Waals surface area contributed by atoms with E-state index >= 15 is 0 Å². The zero-order chi connectivity index (χ0) is 25.8. The minimum Gasteiger partial charge on any atom is -0.395 e. The number of carbonyl (C=O) groups is 2. The van der Waals surface area contributed by atoms with Crippen LogP contribution in [-0.4, -0.2) is 45.0 Å². The molecule has 0 saturated carbocycles. The molecule has 0 saturated heterocycles. The number of aliphatic hydroxyl groups is 1. The lowest BCUT2D eigenvalue weighted by atomic mass is 10.2. The van der Waals surface area contributed by atoms with Crippen LogP contribution in [0.4, 0.5) is 24.7 Å². The molecule has 186 valence electrons. The van der Waals surface area contributed by atoms with Gasteiger partial charge in [0.2, 0.25) is 0 Å². The Morgan fingerprint density at radius 2 is 1.91 bits per heavy atom. The van der Waals surface area contributed by atoms with E-state index in [2.05, 4.69) is 30.9 Å². The molecule has 0 aliphatic heterocycles. The van der Waals surface area contributed by atoms with E-state index in [1.807, 2.05) is 0 Å². The number of anilines is 2. The first-order valence-corrected chi connectivity index (χ1v) is 11.4. The molecule has 3 rings (SSSR count). The molecule has 9 nitrogen and oxygen atoms in total. The van der Waals surface area contributed by atoms with Gasteiger partial charge >= 0.3 is 6.18 Å². The summed E-state index contributed by atoms with van der Waals surface area (Å²) in [4.78, 5) is 37.1. The van der Waals surface area contributed by atoms with Gasteiger partial charge < -0.3 is 21.1 Å². The molecule has 1 aromatic carbocycles. The molecule has 1 atom stereocenters. The summed E-state index contributed by atoms with van der Waals surface area (Å²) in [6.07, 6.45) is -2.30. The Balaban J connectivity index is 1.69. The highest BCUT2D eigenvalue weighted by Crippen LogP contribution is 2.36. The molecule has 0 bridgehead atoms. The van der Waals surface area contributed by atoms with Crippen molar-refractivity contribution in [2.45, 2.75) is 19.1 Å². The van der Waals surface area contributed by atoms with Gasteiger partial charge in [-0.25, -0.2) is 15.0 Å². The minimum absolute atomic E-state index is 0.0361. The summed E-state index contributed by atoms with van der Waals surface area (Å²) in [7, 11) is 0. The van der Waals surface area contributed by atoms with Crippen molar-refractivity contribution in [1.82, 2.24) is 20.3 Å². The van der Waals surface area contributed by atoms with Gasteiger partial charge in [0.15, 0.2) is 5.69 Å². The molecule has 2 amide bonds. The van der Waals surface area contributed by atoms with E-state index in [9.17, 15) is 22.8 Å². The van der Waals surface area contributed by atoms with Crippen LogP contribution < -0.4 is 16.0 Å². The van der Waals surface area contributed by atoms with E-state index < -0.39 is 34.6 Å². The molecule has 2 aromatic heterocycles. The molecule has 0 aliphatic rings. The quantitative estimate of drug-likeness (QED) is 0.328. The van der Waals surface area contributed by atoms with Gasteiger partial charge in [0.1, 0.15) is 27.1 Å². The maximum atomic E-state index is 13.0. The third-order valence-corrected chi connectivity index (χ3v) is 6.27. The lowest BCUT2D eigenvalue weighted by Gasteiger charge is -2.13. The van der Waals surface area contributed by atoms with E-state index in [1.54, 1.807) is 6.92 Å². The van der Waals surface area contributed by atoms with Crippen molar-refractivity contribution >= 4 is 57.9 Å². The molecule has 3 aromatic rings. The Kier molecular flexibility index (Phi) is 8.48. The van der Waals surface area contributed by atoms with Gasteiger partial charge in [-0.2, -0.15) is 13.2 Å². The zero-order valence-electron chi connectivity index (χ0n) is 17.8. The first kappa shape index (κ1) is 26.6. The number of carbonyl (C=O) groups excluding carboxylic acids is 2. The second kappa shape index (κ2) is 11.2. The lowest BCUT2D eigenvalue weighted by molar-refractivity contribution is -0.137. The van der Waals surface area contributed by atoms with Crippen LogP contribution >= 0.6 is 34.5 Å².